The Bertz CT molecular complexity index is 654. The highest BCUT2D eigenvalue weighted by Crippen LogP contribution is 2.29. The van der Waals surface area contributed by atoms with Crippen LogP contribution in [0, 0.1) is 6.92 Å². The molecule has 0 aliphatic rings. The van der Waals surface area contributed by atoms with E-state index in [0.717, 1.165) is 16.7 Å². The fourth-order valence-corrected chi connectivity index (χ4v) is 1.93. The highest BCUT2D eigenvalue weighted by molar-refractivity contribution is 5.98. The minimum Gasteiger partial charge on any atom is -0.493 e. The number of methoxy groups -OCH3 is 1. The predicted molar refractivity (Wildman–Crippen MR) is 80.3 cm³/mol. The number of hydrogen-bond acceptors (Lipinski definition) is 5. The summed E-state index contributed by atoms with van der Waals surface area (Å²) in [6, 6.07) is 7.42. The van der Waals surface area contributed by atoms with E-state index >= 15 is 0 Å². The highest BCUT2D eigenvalue weighted by atomic mass is 16.5. The van der Waals surface area contributed by atoms with Crippen LogP contribution >= 0.6 is 0 Å². The van der Waals surface area contributed by atoms with Crippen LogP contribution in [0.2, 0.25) is 0 Å². The average molecular weight is 286 g/mol. The van der Waals surface area contributed by atoms with E-state index in [4.69, 9.17) is 14.7 Å². The van der Waals surface area contributed by atoms with E-state index in [1.54, 1.807) is 38.6 Å². The van der Waals surface area contributed by atoms with Crippen LogP contribution in [0.25, 0.3) is 0 Å². The number of oxime groups is 1. The van der Waals surface area contributed by atoms with Crippen LogP contribution in [-0.2, 0) is 6.61 Å². The van der Waals surface area contributed by atoms with Crippen molar-refractivity contribution in [3.8, 4) is 11.5 Å². The summed E-state index contributed by atoms with van der Waals surface area (Å²) in [6.45, 7) is 4.12. The molecule has 2 rings (SSSR count). The molecule has 21 heavy (non-hydrogen) atoms. The van der Waals surface area contributed by atoms with Crippen LogP contribution in [0.3, 0.4) is 0 Å². The standard InChI is InChI=1S/C16H18N2O3/c1-11-6-13(9-17-8-11)10-21-15-5-4-14(12(2)18-19)7-16(15)20-3/h4-9,19H,10H2,1-3H3/b18-12+. The molecular formula is C16H18N2O3. The summed E-state index contributed by atoms with van der Waals surface area (Å²) in [5.41, 5.74) is 3.38. The lowest BCUT2D eigenvalue weighted by Crippen LogP contribution is -2.01. The van der Waals surface area contributed by atoms with Crippen molar-refractivity contribution in [1.29, 1.82) is 0 Å². The average Bonchev–Trinajstić information content (AvgIpc) is 2.52. The quantitative estimate of drug-likeness (QED) is 0.521. The van der Waals surface area contributed by atoms with Gasteiger partial charge in [-0.25, -0.2) is 0 Å². The molecule has 1 aromatic carbocycles. The minimum absolute atomic E-state index is 0.414. The number of benzene rings is 1. The lowest BCUT2D eigenvalue weighted by molar-refractivity contribution is 0.284. The van der Waals surface area contributed by atoms with Gasteiger partial charge in [-0.15, -0.1) is 0 Å². The third-order valence-electron chi connectivity index (χ3n) is 3.06. The van der Waals surface area contributed by atoms with Crippen LogP contribution in [0.5, 0.6) is 11.5 Å². The van der Waals surface area contributed by atoms with Gasteiger partial charge < -0.3 is 14.7 Å². The van der Waals surface area contributed by atoms with E-state index in [2.05, 4.69) is 10.1 Å². The van der Waals surface area contributed by atoms with E-state index in [1.165, 1.54) is 0 Å². The second-order valence-corrected chi connectivity index (χ2v) is 4.71. The van der Waals surface area contributed by atoms with Crippen molar-refractivity contribution in [1.82, 2.24) is 4.98 Å². The number of rotatable bonds is 5. The van der Waals surface area contributed by atoms with Gasteiger partial charge in [0.2, 0.25) is 0 Å². The van der Waals surface area contributed by atoms with Crippen LogP contribution in [0.15, 0.2) is 41.8 Å². The molecule has 1 heterocycles. The molecule has 0 radical (unpaired) electrons. The Labute approximate surface area is 123 Å². The fourth-order valence-electron chi connectivity index (χ4n) is 1.93. The van der Waals surface area contributed by atoms with Crippen molar-refractivity contribution in [3.05, 3.63) is 53.3 Å². The van der Waals surface area contributed by atoms with E-state index in [1.807, 2.05) is 19.1 Å². The molecule has 0 aliphatic carbocycles. The van der Waals surface area contributed by atoms with Gasteiger partial charge in [-0.05, 0) is 43.7 Å². The van der Waals surface area contributed by atoms with Crippen molar-refractivity contribution < 1.29 is 14.7 Å². The summed E-state index contributed by atoms with van der Waals surface area (Å²) in [4.78, 5) is 4.13. The molecule has 5 heteroatoms. The van der Waals surface area contributed by atoms with Crippen molar-refractivity contribution in [2.24, 2.45) is 5.16 Å². The largest absolute Gasteiger partial charge is 0.493 e. The van der Waals surface area contributed by atoms with Crippen LogP contribution in [0.4, 0.5) is 0 Å². The molecule has 0 amide bonds. The van der Waals surface area contributed by atoms with Gasteiger partial charge in [-0.1, -0.05) is 5.16 Å². The predicted octanol–water partition coefficient (Wildman–Crippen LogP) is 3.18. The van der Waals surface area contributed by atoms with Gasteiger partial charge in [0, 0.05) is 23.5 Å². The Balaban J connectivity index is 2.16. The van der Waals surface area contributed by atoms with Crippen molar-refractivity contribution >= 4 is 5.71 Å². The second-order valence-electron chi connectivity index (χ2n) is 4.71. The van der Waals surface area contributed by atoms with Crippen LogP contribution in [0.1, 0.15) is 23.6 Å². The van der Waals surface area contributed by atoms with Gasteiger partial charge >= 0.3 is 0 Å². The normalized spacial score (nSPS) is 11.3. The molecule has 5 nitrogen and oxygen atoms in total. The first kappa shape index (κ1) is 14.8. The summed E-state index contributed by atoms with van der Waals surface area (Å²) in [5.74, 6) is 1.23. The number of nitrogens with zero attached hydrogens (tertiary/aromatic N) is 2. The number of aromatic nitrogens is 1. The van der Waals surface area contributed by atoms with Gasteiger partial charge in [-0.2, -0.15) is 0 Å². The molecule has 1 N–H and O–H groups in total. The molecule has 0 fully saturated rings. The van der Waals surface area contributed by atoms with E-state index in [0.29, 0.717) is 23.8 Å². The van der Waals surface area contributed by atoms with Gasteiger partial charge in [0.25, 0.3) is 0 Å². The first-order chi connectivity index (χ1) is 10.1. The van der Waals surface area contributed by atoms with Gasteiger partial charge in [0.15, 0.2) is 11.5 Å². The lowest BCUT2D eigenvalue weighted by Gasteiger charge is -2.12. The molecule has 0 unspecified atom stereocenters. The maximum absolute atomic E-state index is 8.81. The Kier molecular flexibility index (Phi) is 4.77. The van der Waals surface area contributed by atoms with Crippen molar-refractivity contribution in [2.45, 2.75) is 20.5 Å². The fraction of sp³-hybridized carbons (Fsp3) is 0.250. The third kappa shape index (κ3) is 3.72. The van der Waals surface area contributed by atoms with Crippen LogP contribution in [-0.4, -0.2) is 23.0 Å². The molecule has 0 atom stereocenters. The van der Waals surface area contributed by atoms with Crippen LogP contribution < -0.4 is 9.47 Å². The second kappa shape index (κ2) is 6.74. The van der Waals surface area contributed by atoms with E-state index < -0.39 is 0 Å². The number of aryl methyl sites for hydroxylation is 1. The van der Waals surface area contributed by atoms with Crippen molar-refractivity contribution in [3.63, 3.8) is 0 Å². The zero-order valence-electron chi connectivity index (χ0n) is 12.3. The topological polar surface area (TPSA) is 63.9 Å². The molecule has 0 bridgehead atoms. The monoisotopic (exact) mass is 286 g/mol. The van der Waals surface area contributed by atoms with Gasteiger partial charge in [-0.3, -0.25) is 4.98 Å². The Morgan fingerprint density at radius 2 is 2.05 bits per heavy atom. The third-order valence-corrected chi connectivity index (χ3v) is 3.06. The maximum atomic E-state index is 8.81. The minimum atomic E-state index is 0.414. The Morgan fingerprint density at radius 1 is 1.24 bits per heavy atom. The van der Waals surface area contributed by atoms with E-state index in [-0.39, 0.29) is 0 Å². The molecular weight excluding hydrogens is 268 g/mol. The molecule has 1 aromatic heterocycles. The van der Waals surface area contributed by atoms with Gasteiger partial charge in [0.05, 0.1) is 12.8 Å². The maximum Gasteiger partial charge on any atom is 0.161 e. The zero-order valence-corrected chi connectivity index (χ0v) is 12.3. The summed E-state index contributed by atoms with van der Waals surface area (Å²) >= 11 is 0. The molecule has 2 aromatic rings. The molecule has 0 saturated carbocycles. The molecule has 0 spiro atoms. The number of hydrogen-bond donors (Lipinski definition) is 1. The summed E-state index contributed by atoms with van der Waals surface area (Å²) in [5, 5.41) is 12.0. The summed E-state index contributed by atoms with van der Waals surface area (Å²) < 4.78 is 11.1. The molecule has 0 saturated heterocycles. The Morgan fingerprint density at radius 3 is 2.71 bits per heavy atom. The highest BCUT2D eigenvalue weighted by Gasteiger charge is 2.08. The lowest BCUT2D eigenvalue weighted by atomic mass is 10.1. The molecule has 110 valence electrons. The smallest absolute Gasteiger partial charge is 0.161 e. The summed E-state index contributed by atoms with van der Waals surface area (Å²) in [7, 11) is 1.58. The number of ether oxygens (including phenoxy) is 2. The first-order valence-electron chi connectivity index (χ1n) is 6.54. The SMILES string of the molecule is COc1cc(/C(C)=N/O)ccc1OCc1cncc(C)c1. The van der Waals surface area contributed by atoms with Crippen molar-refractivity contribution in [2.75, 3.05) is 7.11 Å². The van der Waals surface area contributed by atoms with E-state index in [9.17, 15) is 0 Å². The van der Waals surface area contributed by atoms with Gasteiger partial charge in [0.1, 0.15) is 6.61 Å². The molecule has 0 aliphatic heterocycles. The Hall–Kier alpha value is -2.56. The summed E-state index contributed by atoms with van der Waals surface area (Å²) in [6.07, 6.45) is 3.58. The first-order valence-corrected chi connectivity index (χ1v) is 6.54. The zero-order chi connectivity index (χ0) is 15.2. The number of pyridine rings is 1.